The molecule has 2 aromatic carbocycles. The molecule has 0 atom stereocenters. The Kier molecular flexibility index (Phi) is 4.81. The first-order valence-corrected chi connectivity index (χ1v) is 9.11. The van der Waals surface area contributed by atoms with Gasteiger partial charge in [-0.25, -0.2) is 13.8 Å². The van der Waals surface area contributed by atoms with Gasteiger partial charge in [-0.15, -0.1) is 0 Å². The molecule has 5 nitrogen and oxygen atoms in total. The number of hydrogen-bond acceptors (Lipinski definition) is 4. The van der Waals surface area contributed by atoms with Gasteiger partial charge in [-0.2, -0.15) is 0 Å². The van der Waals surface area contributed by atoms with Crippen molar-refractivity contribution in [2.75, 3.05) is 23.3 Å². The molecule has 1 aliphatic heterocycles. The van der Waals surface area contributed by atoms with Crippen LogP contribution in [0.3, 0.4) is 0 Å². The Morgan fingerprint density at radius 1 is 1.07 bits per heavy atom. The van der Waals surface area contributed by atoms with Gasteiger partial charge >= 0.3 is 0 Å². The minimum atomic E-state index is -0.602. The molecule has 4 rings (SSSR count). The number of para-hydroxylation sites is 1. The van der Waals surface area contributed by atoms with Crippen LogP contribution >= 0.6 is 0 Å². The number of amides is 1. The predicted molar refractivity (Wildman–Crippen MR) is 102 cm³/mol. The minimum Gasteiger partial charge on any atom is -0.440 e. The summed E-state index contributed by atoms with van der Waals surface area (Å²) in [6.45, 7) is 3.19. The molecule has 0 spiro atoms. The number of nitrogens with zero attached hydrogens (tertiary/aromatic N) is 2. The van der Waals surface area contributed by atoms with Crippen molar-refractivity contribution >= 4 is 17.3 Å². The van der Waals surface area contributed by atoms with E-state index in [1.165, 1.54) is 18.2 Å². The lowest BCUT2D eigenvalue weighted by atomic mass is 10.2. The largest absolute Gasteiger partial charge is 0.440 e. The zero-order valence-corrected chi connectivity index (χ0v) is 15.3. The smallest absolute Gasteiger partial charge is 0.278 e. The fourth-order valence-electron chi connectivity index (χ4n) is 3.39. The van der Waals surface area contributed by atoms with Gasteiger partial charge in [-0.3, -0.25) is 4.79 Å². The monoisotopic (exact) mass is 383 g/mol. The maximum atomic E-state index is 14.5. The van der Waals surface area contributed by atoms with Crippen molar-refractivity contribution in [2.45, 2.75) is 19.8 Å². The Labute approximate surface area is 161 Å². The van der Waals surface area contributed by atoms with E-state index < -0.39 is 17.5 Å². The standard InChI is InChI=1S/C21H19F2N3O2/c1-13-18(25-21(28-13)14-7-2-3-8-15(14)22)20(27)24-19-16(23)9-6-10-17(19)26-11-4-5-12-26/h2-3,6-10H,4-5,11-12H2,1H3,(H,24,27). The number of carbonyl (C=O) groups is 1. The molecular formula is C21H19F2N3O2. The maximum Gasteiger partial charge on any atom is 0.278 e. The first-order chi connectivity index (χ1) is 13.5. The van der Waals surface area contributed by atoms with Gasteiger partial charge in [0.2, 0.25) is 5.89 Å². The van der Waals surface area contributed by atoms with E-state index >= 15 is 0 Å². The van der Waals surface area contributed by atoms with Crippen LogP contribution in [0.15, 0.2) is 46.9 Å². The highest BCUT2D eigenvalue weighted by Gasteiger charge is 2.24. The van der Waals surface area contributed by atoms with E-state index in [4.69, 9.17) is 4.42 Å². The molecule has 2 heterocycles. The van der Waals surface area contributed by atoms with Crippen LogP contribution in [0.2, 0.25) is 0 Å². The molecule has 1 amide bonds. The number of anilines is 2. The number of aromatic nitrogens is 1. The third-order valence-electron chi connectivity index (χ3n) is 4.79. The molecule has 0 bridgehead atoms. The topological polar surface area (TPSA) is 58.4 Å². The van der Waals surface area contributed by atoms with Crippen molar-refractivity contribution in [2.24, 2.45) is 0 Å². The van der Waals surface area contributed by atoms with Gasteiger partial charge in [0.25, 0.3) is 5.91 Å². The van der Waals surface area contributed by atoms with E-state index in [0.29, 0.717) is 5.69 Å². The van der Waals surface area contributed by atoms with Crippen LogP contribution in [0.1, 0.15) is 29.1 Å². The fraction of sp³-hybridized carbons (Fsp3) is 0.238. The predicted octanol–water partition coefficient (Wildman–Crippen LogP) is 4.78. The summed E-state index contributed by atoms with van der Waals surface area (Å²) < 4.78 is 33.9. The molecule has 28 heavy (non-hydrogen) atoms. The minimum absolute atomic E-state index is 0.00567. The number of benzene rings is 2. The Morgan fingerprint density at radius 2 is 1.79 bits per heavy atom. The second-order valence-electron chi connectivity index (χ2n) is 6.69. The molecule has 144 valence electrons. The van der Waals surface area contributed by atoms with Crippen LogP contribution < -0.4 is 10.2 Å². The molecule has 1 saturated heterocycles. The summed E-state index contributed by atoms with van der Waals surface area (Å²) >= 11 is 0. The van der Waals surface area contributed by atoms with Crippen LogP contribution in [-0.2, 0) is 0 Å². The van der Waals surface area contributed by atoms with Gasteiger partial charge in [-0.1, -0.05) is 18.2 Å². The number of hydrogen-bond donors (Lipinski definition) is 1. The Morgan fingerprint density at radius 3 is 2.54 bits per heavy atom. The third-order valence-corrected chi connectivity index (χ3v) is 4.79. The Bertz CT molecular complexity index is 1030. The lowest BCUT2D eigenvalue weighted by Gasteiger charge is -2.21. The highest BCUT2D eigenvalue weighted by atomic mass is 19.1. The second kappa shape index (κ2) is 7.42. The molecule has 7 heteroatoms. The van der Waals surface area contributed by atoms with E-state index in [1.807, 2.05) is 4.90 Å². The summed E-state index contributed by atoms with van der Waals surface area (Å²) in [5.41, 5.74) is 0.910. The summed E-state index contributed by atoms with van der Waals surface area (Å²) in [5.74, 6) is -1.38. The SMILES string of the molecule is Cc1oc(-c2ccccc2F)nc1C(=O)Nc1c(F)cccc1N1CCCC1. The van der Waals surface area contributed by atoms with Gasteiger partial charge in [0.1, 0.15) is 23.1 Å². The van der Waals surface area contributed by atoms with E-state index in [-0.39, 0.29) is 28.6 Å². The molecule has 1 aromatic heterocycles. The lowest BCUT2D eigenvalue weighted by molar-refractivity contribution is 0.102. The summed E-state index contributed by atoms with van der Waals surface area (Å²) in [7, 11) is 0. The first-order valence-electron chi connectivity index (χ1n) is 9.11. The van der Waals surface area contributed by atoms with Crippen LogP contribution in [0, 0.1) is 18.6 Å². The zero-order valence-electron chi connectivity index (χ0n) is 15.3. The molecule has 1 fully saturated rings. The number of aryl methyl sites for hydroxylation is 1. The average molecular weight is 383 g/mol. The molecule has 0 saturated carbocycles. The summed E-state index contributed by atoms with van der Waals surface area (Å²) in [6, 6.07) is 10.7. The number of halogens is 2. The van der Waals surface area contributed by atoms with Gasteiger partial charge in [0, 0.05) is 13.1 Å². The van der Waals surface area contributed by atoms with Gasteiger partial charge in [0.15, 0.2) is 5.69 Å². The van der Waals surface area contributed by atoms with Crippen molar-refractivity contribution in [1.29, 1.82) is 0 Å². The van der Waals surface area contributed by atoms with E-state index in [2.05, 4.69) is 10.3 Å². The van der Waals surface area contributed by atoms with Crippen molar-refractivity contribution in [3.05, 3.63) is 65.6 Å². The highest BCUT2D eigenvalue weighted by Crippen LogP contribution is 2.32. The van der Waals surface area contributed by atoms with Crippen molar-refractivity contribution in [3.63, 3.8) is 0 Å². The van der Waals surface area contributed by atoms with E-state index in [9.17, 15) is 13.6 Å². The highest BCUT2D eigenvalue weighted by molar-refractivity contribution is 6.05. The molecule has 1 N–H and O–H groups in total. The van der Waals surface area contributed by atoms with Gasteiger partial charge in [0.05, 0.1) is 11.3 Å². The number of oxazole rings is 1. The van der Waals surface area contributed by atoms with Crippen molar-refractivity contribution in [3.8, 4) is 11.5 Å². The summed E-state index contributed by atoms with van der Waals surface area (Å²) in [4.78, 5) is 19.0. The molecule has 0 radical (unpaired) electrons. The summed E-state index contributed by atoms with van der Waals surface area (Å²) in [6.07, 6.45) is 2.05. The average Bonchev–Trinajstić information content (AvgIpc) is 3.33. The molecule has 0 aliphatic carbocycles. The van der Waals surface area contributed by atoms with Crippen LogP contribution in [-0.4, -0.2) is 24.0 Å². The zero-order chi connectivity index (χ0) is 19.7. The summed E-state index contributed by atoms with van der Waals surface area (Å²) in [5, 5.41) is 2.62. The first kappa shape index (κ1) is 18.2. The van der Waals surface area contributed by atoms with Crippen molar-refractivity contribution in [1.82, 2.24) is 4.98 Å². The Balaban J connectivity index is 1.64. The van der Waals surface area contributed by atoms with Crippen LogP contribution in [0.25, 0.3) is 11.5 Å². The number of nitrogens with one attached hydrogen (secondary N) is 1. The number of carbonyl (C=O) groups excluding carboxylic acids is 1. The number of rotatable bonds is 4. The fourth-order valence-corrected chi connectivity index (χ4v) is 3.39. The van der Waals surface area contributed by atoms with Crippen LogP contribution in [0.5, 0.6) is 0 Å². The van der Waals surface area contributed by atoms with Gasteiger partial charge in [-0.05, 0) is 44.0 Å². The molecule has 1 aliphatic rings. The Hall–Kier alpha value is -3.22. The quantitative estimate of drug-likeness (QED) is 0.704. The lowest BCUT2D eigenvalue weighted by Crippen LogP contribution is -2.22. The second-order valence-corrected chi connectivity index (χ2v) is 6.69. The van der Waals surface area contributed by atoms with Crippen LogP contribution in [0.4, 0.5) is 20.2 Å². The van der Waals surface area contributed by atoms with Crippen molar-refractivity contribution < 1.29 is 18.0 Å². The third kappa shape index (κ3) is 3.35. The maximum absolute atomic E-state index is 14.5. The van der Waals surface area contributed by atoms with Gasteiger partial charge < -0.3 is 14.6 Å². The molecule has 0 unspecified atom stereocenters. The normalized spacial score (nSPS) is 13.8. The van der Waals surface area contributed by atoms with E-state index in [0.717, 1.165) is 25.9 Å². The van der Waals surface area contributed by atoms with E-state index in [1.54, 1.807) is 31.2 Å². The molecule has 3 aromatic rings. The molecular weight excluding hydrogens is 364 g/mol.